The zero-order valence-corrected chi connectivity index (χ0v) is 10.1. The van der Waals surface area contributed by atoms with E-state index in [1.54, 1.807) is 5.56 Å². The van der Waals surface area contributed by atoms with E-state index in [4.69, 9.17) is 0 Å². The van der Waals surface area contributed by atoms with Gasteiger partial charge in [-0.05, 0) is 49.3 Å². The van der Waals surface area contributed by atoms with Gasteiger partial charge in [0, 0.05) is 12.0 Å². The molecule has 1 heterocycles. The first kappa shape index (κ1) is 10.3. The molecule has 86 valence electrons. The normalized spacial score (nSPS) is 30.3. The van der Waals surface area contributed by atoms with Gasteiger partial charge >= 0.3 is 0 Å². The molecule has 1 nitrogen and oxygen atoms in total. The Morgan fingerprint density at radius 1 is 1.19 bits per heavy atom. The molecule has 1 unspecified atom stereocenters. The monoisotopic (exact) mass is 215 g/mol. The summed E-state index contributed by atoms with van der Waals surface area (Å²) in [5.74, 6) is 0.881. The van der Waals surface area contributed by atoms with Crippen LogP contribution in [0.25, 0.3) is 0 Å². The molecule has 1 aromatic rings. The summed E-state index contributed by atoms with van der Waals surface area (Å²) in [5, 5.41) is 3.52. The Hall–Kier alpha value is -0.820. The highest BCUT2D eigenvalue weighted by Crippen LogP contribution is 2.41. The van der Waals surface area contributed by atoms with Gasteiger partial charge in [-0.3, -0.25) is 0 Å². The summed E-state index contributed by atoms with van der Waals surface area (Å²) in [6.45, 7) is 4.72. The molecule has 1 saturated heterocycles. The number of nitrogens with one attached hydrogen (secondary N) is 1. The van der Waals surface area contributed by atoms with Crippen LogP contribution in [0.5, 0.6) is 0 Å². The molecule has 1 aliphatic heterocycles. The van der Waals surface area contributed by atoms with E-state index < -0.39 is 0 Å². The minimum atomic E-state index is 0.361. The first-order valence-electron chi connectivity index (χ1n) is 6.59. The summed E-state index contributed by atoms with van der Waals surface area (Å²) in [5.41, 5.74) is 3.43. The second-order valence-corrected chi connectivity index (χ2v) is 5.74. The van der Waals surface area contributed by atoms with Crippen LogP contribution >= 0.6 is 0 Å². The molecule has 1 aromatic carbocycles. The van der Waals surface area contributed by atoms with Gasteiger partial charge in [-0.1, -0.05) is 31.2 Å². The Bertz CT molecular complexity index is 356. The molecular formula is C15H21N. The number of benzene rings is 1. The van der Waals surface area contributed by atoms with Crippen molar-refractivity contribution in [1.29, 1.82) is 0 Å². The van der Waals surface area contributed by atoms with E-state index in [9.17, 15) is 0 Å². The van der Waals surface area contributed by atoms with E-state index in [2.05, 4.69) is 36.5 Å². The van der Waals surface area contributed by atoms with E-state index in [1.807, 2.05) is 0 Å². The highest BCUT2D eigenvalue weighted by atomic mass is 14.9. The maximum absolute atomic E-state index is 3.52. The molecule has 0 spiro atoms. The molecular weight excluding hydrogens is 194 g/mol. The third-order valence-corrected chi connectivity index (χ3v) is 4.25. The Balaban J connectivity index is 1.81. The van der Waals surface area contributed by atoms with Gasteiger partial charge in [0.2, 0.25) is 0 Å². The standard InChI is InChI=1S/C15H21N/c1-15(9-2-10-16-11-15)14-7-5-13(6-8-14)12-3-4-12/h5-8,12,16H,2-4,9-11H2,1H3. The lowest BCUT2D eigenvalue weighted by Gasteiger charge is -2.34. The molecule has 3 rings (SSSR count). The summed E-state index contributed by atoms with van der Waals surface area (Å²) < 4.78 is 0. The molecule has 0 bridgehead atoms. The SMILES string of the molecule is CC1(c2ccc(C3CC3)cc2)CCCNC1. The number of piperidine rings is 1. The van der Waals surface area contributed by atoms with Crippen molar-refractivity contribution in [2.24, 2.45) is 0 Å². The fraction of sp³-hybridized carbons (Fsp3) is 0.600. The van der Waals surface area contributed by atoms with Crippen LogP contribution in [-0.2, 0) is 5.41 Å². The van der Waals surface area contributed by atoms with Crippen molar-refractivity contribution in [2.75, 3.05) is 13.1 Å². The average Bonchev–Trinajstić information content (AvgIpc) is 3.14. The van der Waals surface area contributed by atoms with Crippen molar-refractivity contribution in [3.63, 3.8) is 0 Å². The first-order chi connectivity index (χ1) is 7.78. The second kappa shape index (κ2) is 3.89. The molecule has 1 atom stereocenters. The van der Waals surface area contributed by atoms with Gasteiger partial charge in [0.25, 0.3) is 0 Å². The quantitative estimate of drug-likeness (QED) is 0.799. The summed E-state index contributed by atoms with van der Waals surface area (Å²) in [6.07, 6.45) is 5.43. The minimum absolute atomic E-state index is 0.361. The van der Waals surface area contributed by atoms with E-state index in [1.165, 1.54) is 37.8 Å². The fourth-order valence-corrected chi connectivity index (χ4v) is 2.88. The Morgan fingerprint density at radius 3 is 2.50 bits per heavy atom. The van der Waals surface area contributed by atoms with E-state index in [-0.39, 0.29) is 0 Å². The largest absolute Gasteiger partial charge is 0.316 e. The molecule has 2 fully saturated rings. The molecule has 2 aliphatic rings. The summed E-state index contributed by atoms with van der Waals surface area (Å²) in [4.78, 5) is 0. The smallest absolute Gasteiger partial charge is 0.00500 e. The Morgan fingerprint density at radius 2 is 1.94 bits per heavy atom. The molecule has 0 amide bonds. The van der Waals surface area contributed by atoms with Crippen LogP contribution < -0.4 is 5.32 Å². The first-order valence-corrected chi connectivity index (χ1v) is 6.59. The number of rotatable bonds is 2. The van der Waals surface area contributed by atoms with Crippen molar-refractivity contribution in [2.45, 2.75) is 43.9 Å². The third-order valence-electron chi connectivity index (χ3n) is 4.25. The lowest BCUT2D eigenvalue weighted by molar-refractivity contribution is 0.339. The molecule has 1 N–H and O–H groups in total. The molecule has 1 aliphatic carbocycles. The maximum Gasteiger partial charge on any atom is 0.00500 e. The lowest BCUT2D eigenvalue weighted by Crippen LogP contribution is -2.41. The maximum atomic E-state index is 3.52. The van der Waals surface area contributed by atoms with Gasteiger partial charge < -0.3 is 5.32 Å². The van der Waals surface area contributed by atoms with Crippen LogP contribution in [0.1, 0.15) is 49.7 Å². The van der Waals surface area contributed by atoms with E-state index in [0.717, 1.165) is 12.5 Å². The fourth-order valence-electron chi connectivity index (χ4n) is 2.88. The van der Waals surface area contributed by atoms with Crippen LogP contribution in [0.2, 0.25) is 0 Å². The summed E-state index contributed by atoms with van der Waals surface area (Å²) in [6, 6.07) is 9.43. The predicted octanol–water partition coefficient (Wildman–Crippen LogP) is 3.21. The van der Waals surface area contributed by atoms with E-state index >= 15 is 0 Å². The van der Waals surface area contributed by atoms with Crippen molar-refractivity contribution in [3.8, 4) is 0 Å². The molecule has 1 heteroatoms. The molecule has 0 aromatic heterocycles. The van der Waals surface area contributed by atoms with Crippen molar-refractivity contribution in [3.05, 3.63) is 35.4 Å². The van der Waals surface area contributed by atoms with Crippen LogP contribution in [0.4, 0.5) is 0 Å². The Labute approximate surface area is 98.3 Å². The zero-order chi connectivity index (χ0) is 11.0. The summed E-state index contributed by atoms with van der Waals surface area (Å²) >= 11 is 0. The van der Waals surface area contributed by atoms with Crippen molar-refractivity contribution >= 4 is 0 Å². The van der Waals surface area contributed by atoms with Crippen molar-refractivity contribution in [1.82, 2.24) is 5.32 Å². The van der Waals surface area contributed by atoms with Crippen LogP contribution in [0.15, 0.2) is 24.3 Å². The Kier molecular flexibility index (Phi) is 2.51. The highest BCUT2D eigenvalue weighted by molar-refractivity contribution is 5.32. The van der Waals surface area contributed by atoms with Gasteiger partial charge in [-0.25, -0.2) is 0 Å². The zero-order valence-electron chi connectivity index (χ0n) is 10.1. The van der Waals surface area contributed by atoms with Gasteiger partial charge in [0.05, 0.1) is 0 Å². The molecule has 16 heavy (non-hydrogen) atoms. The van der Waals surface area contributed by atoms with Crippen LogP contribution in [0, 0.1) is 0 Å². The van der Waals surface area contributed by atoms with E-state index in [0.29, 0.717) is 5.41 Å². The number of hydrogen-bond donors (Lipinski definition) is 1. The average molecular weight is 215 g/mol. The topological polar surface area (TPSA) is 12.0 Å². The molecule has 1 saturated carbocycles. The second-order valence-electron chi connectivity index (χ2n) is 5.74. The minimum Gasteiger partial charge on any atom is -0.316 e. The van der Waals surface area contributed by atoms with Gasteiger partial charge in [0.15, 0.2) is 0 Å². The number of hydrogen-bond acceptors (Lipinski definition) is 1. The molecule has 0 radical (unpaired) electrons. The summed E-state index contributed by atoms with van der Waals surface area (Å²) in [7, 11) is 0. The lowest BCUT2D eigenvalue weighted by atomic mass is 9.76. The van der Waals surface area contributed by atoms with Crippen LogP contribution in [-0.4, -0.2) is 13.1 Å². The third kappa shape index (κ3) is 1.89. The van der Waals surface area contributed by atoms with Gasteiger partial charge in [0.1, 0.15) is 0 Å². The van der Waals surface area contributed by atoms with Crippen LogP contribution in [0.3, 0.4) is 0 Å². The highest BCUT2D eigenvalue weighted by Gasteiger charge is 2.29. The van der Waals surface area contributed by atoms with Gasteiger partial charge in [-0.15, -0.1) is 0 Å². The predicted molar refractivity (Wildman–Crippen MR) is 67.9 cm³/mol. The van der Waals surface area contributed by atoms with Crippen molar-refractivity contribution < 1.29 is 0 Å². The van der Waals surface area contributed by atoms with Gasteiger partial charge in [-0.2, -0.15) is 0 Å².